The van der Waals surface area contributed by atoms with Crippen molar-refractivity contribution in [1.29, 1.82) is 0 Å². The van der Waals surface area contributed by atoms with Gasteiger partial charge in [0.1, 0.15) is 11.5 Å². The van der Waals surface area contributed by atoms with Crippen molar-refractivity contribution in [2.75, 3.05) is 11.4 Å². The smallest absolute Gasteiger partial charge is 0.335 e. The molecule has 7 rings (SSSR count). The number of fused-ring (bicyclic) bond motifs is 3. The molecule has 10 heteroatoms. The predicted molar refractivity (Wildman–Crippen MR) is 143 cm³/mol. The summed E-state index contributed by atoms with van der Waals surface area (Å²) in [7, 11) is 0. The van der Waals surface area contributed by atoms with Crippen LogP contribution in [-0.2, 0) is 11.3 Å². The van der Waals surface area contributed by atoms with E-state index < -0.39 is 5.97 Å². The van der Waals surface area contributed by atoms with Crippen molar-refractivity contribution in [3.05, 3.63) is 63.3 Å². The molecule has 190 valence electrons. The lowest BCUT2D eigenvalue weighted by Crippen LogP contribution is -2.38. The highest BCUT2D eigenvalue weighted by Gasteiger charge is 2.46. The van der Waals surface area contributed by atoms with Crippen LogP contribution in [0.4, 0.5) is 5.13 Å². The van der Waals surface area contributed by atoms with Gasteiger partial charge in [0.05, 0.1) is 38.5 Å². The predicted octanol–water partition coefficient (Wildman–Crippen LogP) is 7.02. The van der Waals surface area contributed by atoms with Crippen LogP contribution in [0.15, 0.2) is 40.9 Å². The van der Waals surface area contributed by atoms with Gasteiger partial charge in [-0.1, -0.05) is 45.8 Å². The van der Waals surface area contributed by atoms with Gasteiger partial charge in [0, 0.05) is 35.5 Å². The second kappa shape index (κ2) is 8.98. The number of aromatic carboxylic acids is 1. The summed E-state index contributed by atoms with van der Waals surface area (Å²) in [6, 6.07) is 10.9. The van der Waals surface area contributed by atoms with Crippen molar-refractivity contribution in [3.63, 3.8) is 0 Å². The first-order valence-corrected chi connectivity index (χ1v) is 14.0. The van der Waals surface area contributed by atoms with Crippen molar-refractivity contribution in [2.45, 2.75) is 50.4 Å². The molecule has 2 saturated carbocycles. The van der Waals surface area contributed by atoms with Crippen LogP contribution in [0, 0.1) is 5.92 Å². The van der Waals surface area contributed by atoms with Crippen LogP contribution in [0.25, 0.3) is 21.5 Å². The first-order valence-electron chi connectivity index (χ1n) is 12.4. The largest absolute Gasteiger partial charge is 0.478 e. The lowest BCUT2D eigenvalue weighted by molar-refractivity contribution is 0.0122. The van der Waals surface area contributed by atoms with Crippen LogP contribution in [0.5, 0.6) is 0 Å². The Labute approximate surface area is 226 Å². The number of benzene rings is 2. The summed E-state index contributed by atoms with van der Waals surface area (Å²) in [6.07, 6.45) is 4.32. The first-order chi connectivity index (χ1) is 18.0. The Balaban J connectivity index is 1.08. The van der Waals surface area contributed by atoms with Gasteiger partial charge in [-0.25, -0.2) is 9.78 Å². The molecule has 3 fully saturated rings. The summed E-state index contributed by atoms with van der Waals surface area (Å²) < 4.78 is 13.2. The van der Waals surface area contributed by atoms with Crippen LogP contribution in [-0.4, -0.2) is 39.9 Å². The molecular weight excluding hydrogens is 533 g/mol. The molecule has 2 aromatic heterocycles. The number of thiazole rings is 1. The van der Waals surface area contributed by atoms with E-state index >= 15 is 0 Å². The summed E-state index contributed by atoms with van der Waals surface area (Å²) >= 11 is 14.6. The molecule has 0 spiro atoms. The molecule has 2 aromatic carbocycles. The highest BCUT2D eigenvalue weighted by molar-refractivity contribution is 7.22. The summed E-state index contributed by atoms with van der Waals surface area (Å²) in [5, 5.41) is 15.7. The van der Waals surface area contributed by atoms with Crippen molar-refractivity contribution >= 4 is 55.9 Å². The van der Waals surface area contributed by atoms with Crippen molar-refractivity contribution < 1.29 is 19.2 Å². The standard InChI is InChI=1S/C27H23Cl2N3O4S/c28-18-2-1-3-19(29)23(18)24-17(25(36-31-24)13-4-5-13)12-35-21-10-16-8-15(21)11-32(16)27-30-20-7-6-14(26(33)34)9-22(20)37-27/h1-3,6-7,9,13,15-16,21H,4-5,8,10-12H2,(H,33,34)/t15-,16-,21?/m1/s1. The van der Waals surface area contributed by atoms with Crippen LogP contribution >= 0.6 is 34.5 Å². The zero-order chi connectivity index (χ0) is 25.3. The summed E-state index contributed by atoms with van der Waals surface area (Å²) in [5.41, 5.74) is 3.46. The van der Waals surface area contributed by atoms with Crippen molar-refractivity contribution in [3.8, 4) is 11.3 Å². The highest BCUT2D eigenvalue weighted by atomic mass is 35.5. The molecule has 4 aromatic rings. The van der Waals surface area contributed by atoms with E-state index in [0.717, 1.165) is 58.9 Å². The van der Waals surface area contributed by atoms with Crippen LogP contribution < -0.4 is 4.90 Å². The number of anilines is 1. The Morgan fingerprint density at radius 3 is 2.70 bits per heavy atom. The molecule has 3 atom stereocenters. The van der Waals surface area contributed by atoms with Crippen molar-refractivity contribution in [2.24, 2.45) is 5.92 Å². The number of piperidine rings is 1. The number of carbonyl (C=O) groups is 1. The molecule has 3 aliphatic rings. The van der Waals surface area contributed by atoms with Gasteiger partial charge in [-0.3, -0.25) is 0 Å². The van der Waals surface area contributed by atoms with Gasteiger partial charge < -0.3 is 19.3 Å². The Hall–Kier alpha value is -2.65. The Bertz CT molecular complexity index is 1510. The summed E-state index contributed by atoms with van der Waals surface area (Å²) in [6.45, 7) is 1.29. The zero-order valence-corrected chi connectivity index (χ0v) is 22.0. The Morgan fingerprint density at radius 1 is 1.19 bits per heavy atom. The number of carboxylic acid groups (broad SMARTS) is 1. The molecule has 1 N–H and O–H groups in total. The number of carboxylic acids is 1. The number of aromatic nitrogens is 2. The van der Waals surface area contributed by atoms with E-state index in [2.05, 4.69) is 10.1 Å². The molecule has 0 amide bonds. The average molecular weight is 556 g/mol. The zero-order valence-electron chi connectivity index (χ0n) is 19.7. The molecule has 3 heterocycles. The minimum absolute atomic E-state index is 0.144. The Kier molecular flexibility index (Phi) is 5.69. The van der Waals surface area contributed by atoms with Gasteiger partial charge in [-0.15, -0.1) is 0 Å². The summed E-state index contributed by atoms with van der Waals surface area (Å²) in [5.74, 6) is 0.765. The van der Waals surface area contributed by atoms with Gasteiger partial charge in [0.15, 0.2) is 5.13 Å². The topological polar surface area (TPSA) is 88.7 Å². The molecule has 1 aliphatic heterocycles. The second-order valence-corrected chi connectivity index (χ2v) is 11.9. The molecular formula is C27H23Cl2N3O4S. The average Bonchev–Trinajstić information content (AvgIpc) is 3.21. The molecule has 2 aliphatic carbocycles. The minimum atomic E-state index is -0.922. The number of hydrogen-bond acceptors (Lipinski definition) is 7. The second-order valence-electron chi connectivity index (χ2n) is 10.1. The number of nitrogens with zero attached hydrogens (tertiary/aromatic N) is 3. The maximum Gasteiger partial charge on any atom is 0.335 e. The Morgan fingerprint density at radius 2 is 2.00 bits per heavy atom. The molecule has 37 heavy (non-hydrogen) atoms. The van der Waals surface area contributed by atoms with E-state index in [4.69, 9.17) is 37.4 Å². The molecule has 2 bridgehead atoms. The fourth-order valence-electron chi connectivity index (χ4n) is 5.75. The molecule has 1 unspecified atom stereocenters. The SMILES string of the molecule is O=C(O)c1ccc2nc(N3C[C@H]4C[C@@H]3CC4OCc3c(-c4c(Cl)cccc4Cl)noc3C3CC3)sc2c1. The van der Waals surface area contributed by atoms with Crippen molar-refractivity contribution in [1.82, 2.24) is 10.1 Å². The van der Waals surface area contributed by atoms with E-state index in [1.54, 1.807) is 29.5 Å². The highest BCUT2D eigenvalue weighted by Crippen LogP contribution is 2.48. The maximum atomic E-state index is 11.3. The molecule has 0 radical (unpaired) electrons. The fourth-order valence-corrected chi connectivity index (χ4v) is 7.41. The van der Waals surface area contributed by atoms with Gasteiger partial charge in [-0.05, 0) is 56.0 Å². The third-order valence-electron chi connectivity index (χ3n) is 7.75. The minimum Gasteiger partial charge on any atom is -0.478 e. The van der Waals surface area contributed by atoms with Crippen LogP contribution in [0.3, 0.4) is 0 Å². The third kappa shape index (κ3) is 4.11. The quantitative estimate of drug-likeness (QED) is 0.262. The van der Waals surface area contributed by atoms with E-state index in [0.29, 0.717) is 45.8 Å². The van der Waals surface area contributed by atoms with Gasteiger partial charge >= 0.3 is 5.97 Å². The number of halogens is 2. The van der Waals surface area contributed by atoms with Gasteiger partial charge in [-0.2, -0.15) is 0 Å². The third-order valence-corrected chi connectivity index (χ3v) is 9.44. The maximum absolute atomic E-state index is 11.3. The lowest BCUT2D eigenvalue weighted by Gasteiger charge is -2.31. The molecule has 7 nitrogen and oxygen atoms in total. The summed E-state index contributed by atoms with van der Waals surface area (Å²) in [4.78, 5) is 18.5. The van der Waals surface area contributed by atoms with E-state index in [-0.39, 0.29) is 11.7 Å². The van der Waals surface area contributed by atoms with E-state index in [1.165, 1.54) is 0 Å². The number of rotatable bonds is 7. The molecule has 1 saturated heterocycles. The fraction of sp³-hybridized carbons (Fsp3) is 0.370. The van der Waals surface area contributed by atoms with Crippen LogP contribution in [0.1, 0.15) is 53.3 Å². The number of ether oxygens (including phenoxy) is 1. The normalized spacial score (nSPS) is 22.9. The van der Waals surface area contributed by atoms with Gasteiger partial charge in [0.25, 0.3) is 0 Å². The van der Waals surface area contributed by atoms with E-state index in [9.17, 15) is 9.90 Å². The van der Waals surface area contributed by atoms with Gasteiger partial charge in [0.2, 0.25) is 0 Å². The van der Waals surface area contributed by atoms with E-state index in [1.807, 2.05) is 18.2 Å². The monoisotopic (exact) mass is 555 g/mol. The first kappa shape index (κ1) is 23.5. The van der Waals surface area contributed by atoms with Crippen LogP contribution in [0.2, 0.25) is 10.0 Å². The lowest BCUT2D eigenvalue weighted by atomic mass is 10.0. The number of hydrogen-bond donors (Lipinski definition) is 1.